The van der Waals surface area contributed by atoms with Gasteiger partial charge in [0.05, 0.1) is 11.4 Å². The molecule has 0 amide bonds. The van der Waals surface area contributed by atoms with Crippen molar-refractivity contribution in [2.45, 2.75) is 0 Å². The minimum absolute atomic E-state index is 0.166. The summed E-state index contributed by atoms with van der Waals surface area (Å²) in [5.74, 6) is 0. The van der Waals surface area contributed by atoms with Gasteiger partial charge in [0.2, 0.25) is 0 Å². The first-order valence-corrected chi connectivity index (χ1v) is 24.4. The summed E-state index contributed by atoms with van der Waals surface area (Å²) in [6.45, 7) is -0.166. The van der Waals surface area contributed by atoms with Gasteiger partial charge < -0.3 is 9.80 Å². The lowest BCUT2D eigenvalue weighted by atomic mass is 9.33. The molecule has 0 N–H and O–H groups in total. The summed E-state index contributed by atoms with van der Waals surface area (Å²) in [4.78, 5) is 5.06. The second kappa shape index (κ2) is 17.5. The van der Waals surface area contributed by atoms with Crippen molar-refractivity contribution in [1.82, 2.24) is 0 Å². The molecule has 328 valence electrons. The zero-order chi connectivity index (χ0) is 46.5. The maximum atomic E-state index is 7.68. The van der Waals surface area contributed by atoms with Gasteiger partial charge in [0.1, 0.15) is 0 Å². The number of nitrogens with zero attached hydrogens (tertiary/aromatic N) is 2. The van der Waals surface area contributed by atoms with Crippen LogP contribution in [-0.2, 0) is 0 Å². The number of anilines is 6. The van der Waals surface area contributed by atoms with Gasteiger partial charge in [-0.05, 0) is 85.2 Å². The fourth-order valence-corrected chi connectivity index (χ4v) is 11.3. The molecule has 2 heterocycles. The van der Waals surface area contributed by atoms with Crippen molar-refractivity contribution < 1.29 is 0 Å². The van der Waals surface area contributed by atoms with Crippen molar-refractivity contribution >= 4 is 68.8 Å². The second-order valence-electron chi connectivity index (χ2n) is 18.1. The van der Waals surface area contributed by atoms with Crippen LogP contribution in [0.5, 0.6) is 0 Å². The number of benzene rings is 11. The molecule has 0 saturated carbocycles. The molecule has 2 aliphatic rings. The third-order valence-corrected chi connectivity index (χ3v) is 14.3. The van der Waals surface area contributed by atoms with Crippen LogP contribution < -0.4 is 26.2 Å². The zero-order valence-corrected chi connectivity index (χ0v) is 39.0. The SMILES string of the molecule is Clc1cc2c3c(c1)N(c1c(-c4ccccc4)cccc1-c1ccccc1)c1ccc(-c4ccccc4)cc1B3c1cc(-c3ccccc3)ccc1N2c1c(-c2ccccc2)cccc1-c1ccccc1. The molecule has 70 heavy (non-hydrogen) atoms. The average molecular weight is 911 g/mol. The molecule has 13 rings (SSSR count). The van der Waals surface area contributed by atoms with Crippen LogP contribution in [-0.4, -0.2) is 6.71 Å². The predicted octanol–water partition coefficient (Wildman–Crippen LogP) is 16.4. The van der Waals surface area contributed by atoms with E-state index in [4.69, 9.17) is 11.6 Å². The summed E-state index contributed by atoms with van der Waals surface area (Å²) >= 11 is 7.68. The van der Waals surface area contributed by atoms with Gasteiger partial charge in [-0.1, -0.05) is 254 Å². The Morgan fingerprint density at radius 3 is 0.871 bits per heavy atom. The van der Waals surface area contributed by atoms with Gasteiger partial charge in [0.25, 0.3) is 6.71 Å². The smallest absolute Gasteiger partial charge is 0.252 e. The predicted molar refractivity (Wildman–Crippen MR) is 298 cm³/mol. The highest BCUT2D eigenvalue weighted by molar-refractivity contribution is 7.00. The van der Waals surface area contributed by atoms with Gasteiger partial charge in [0, 0.05) is 50.0 Å². The number of hydrogen-bond donors (Lipinski definition) is 0. The molecule has 0 saturated heterocycles. The Labute approximate surface area is 415 Å². The topological polar surface area (TPSA) is 6.48 Å². The van der Waals surface area contributed by atoms with E-state index in [0.717, 1.165) is 78.6 Å². The summed E-state index contributed by atoms with van der Waals surface area (Å²) in [5, 5.41) is 0.660. The fourth-order valence-electron chi connectivity index (χ4n) is 11.0. The van der Waals surface area contributed by atoms with Crippen LogP contribution in [0.1, 0.15) is 0 Å². The molecule has 0 aromatic heterocycles. The van der Waals surface area contributed by atoms with Gasteiger partial charge >= 0.3 is 0 Å². The van der Waals surface area contributed by atoms with Gasteiger partial charge in [0.15, 0.2) is 0 Å². The number of hydrogen-bond acceptors (Lipinski definition) is 2. The van der Waals surface area contributed by atoms with E-state index in [9.17, 15) is 0 Å². The first kappa shape index (κ1) is 41.6. The van der Waals surface area contributed by atoms with E-state index in [1.54, 1.807) is 0 Å². The molecule has 2 aliphatic heterocycles. The van der Waals surface area contributed by atoms with Crippen molar-refractivity contribution in [3.05, 3.63) is 272 Å². The van der Waals surface area contributed by atoms with Crippen molar-refractivity contribution in [2.75, 3.05) is 9.80 Å². The highest BCUT2D eigenvalue weighted by Crippen LogP contribution is 2.53. The van der Waals surface area contributed by atoms with Crippen LogP contribution >= 0.6 is 11.6 Å². The van der Waals surface area contributed by atoms with Crippen molar-refractivity contribution in [2.24, 2.45) is 0 Å². The summed E-state index contributed by atoms with van der Waals surface area (Å²) in [5.41, 5.74) is 23.9. The third kappa shape index (κ3) is 7.05. The molecule has 0 spiro atoms. The molecule has 0 atom stereocenters. The molecule has 0 unspecified atom stereocenters. The van der Waals surface area contributed by atoms with Crippen LogP contribution in [0.2, 0.25) is 5.02 Å². The van der Waals surface area contributed by atoms with Crippen LogP contribution in [0.25, 0.3) is 66.8 Å². The van der Waals surface area contributed by atoms with Gasteiger partial charge in [-0.2, -0.15) is 0 Å². The van der Waals surface area contributed by atoms with Gasteiger partial charge in [-0.3, -0.25) is 0 Å². The molecule has 0 fully saturated rings. The Morgan fingerprint density at radius 1 is 0.257 bits per heavy atom. The van der Waals surface area contributed by atoms with Crippen molar-refractivity contribution in [3.8, 4) is 66.8 Å². The Morgan fingerprint density at radius 2 is 0.557 bits per heavy atom. The Bertz CT molecular complexity index is 3360. The number of halogens is 1. The highest BCUT2D eigenvalue weighted by Gasteiger charge is 2.45. The zero-order valence-electron chi connectivity index (χ0n) is 38.3. The number of para-hydroxylation sites is 2. The molecule has 11 aromatic carbocycles. The molecule has 4 heteroatoms. The standard InChI is InChI=1S/C66H44BClN2/c68-53-43-62-64-63(44-53)70(66-56(49-29-15-5-16-30-49)35-20-36-57(66)50-31-17-6-18-32-50)61-40-38-52(46-23-9-2-10-24-46)42-59(61)67(64)58-41-51(45-21-7-1-8-22-45)37-39-60(58)69(62)65-54(47-25-11-3-12-26-47)33-19-34-55(65)48-27-13-4-14-28-48/h1-44H. The third-order valence-electron chi connectivity index (χ3n) is 14.1. The maximum absolute atomic E-state index is 7.68. The van der Waals surface area contributed by atoms with E-state index in [2.05, 4.69) is 277 Å². The fraction of sp³-hybridized carbons (Fsp3) is 0. The monoisotopic (exact) mass is 910 g/mol. The number of fused-ring (bicyclic) bond motifs is 4. The summed E-state index contributed by atoms with van der Waals surface area (Å²) in [6, 6.07) is 96.9. The van der Waals surface area contributed by atoms with Gasteiger partial charge in [-0.15, -0.1) is 0 Å². The van der Waals surface area contributed by atoms with E-state index in [-0.39, 0.29) is 6.71 Å². The normalized spacial score (nSPS) is 12.3. The van der Waals surface area contributed by atoms with E-state index in [0.29, 0.717) is 5.02 Å². The molecular formula is C66H44BClN2. The first-order chi connectivity index (χ1) is 34.7. The molecule has 0 aliphatic carbocycles. The van der Waals surface area contributed by atoms with Crippen molar-refractivity contribution in [1.29, 1.82) is 0 Å². The average Bonchev–Trinajstić information content (AvgIpc) is 3.44. The Kier molecular flexibility index (Phi) is 10.4. The summed E-state index contributed by atoms with van der Waals surface area (Å²) in [7, 11) is 0. The molecule has 11 aromatic rings. The lowest BCUT2D eigenvalue weighted by Crippen LogP contribution is -2.61. The summed E-state index contributed by atoms with van der Waals surface area (Å²) < 4.78 is 0. The quantitative estimate of drug-likeness (QED) is 0.140. The minimum atomic E-state index is -0.166. The van der Waals surface area contributed by atoms with Crippen LogP contribution in [0.4, 0.5) is 34.1 Å². The molecular weight excluding hydrogens is 867 g/mol. The lowest BCUT2D eigenvalue weighted by molar-refractivity contribution is 1.25. The van der Waals surface area contributed by atoms with Crippen molar-refractivity contribution in [3.63, 3.8) is 0 Å². The van der Waals surface area contributed by atoms with E-state index < -0.39 is 0 Å². The maximum Gasteiger partial charge on any atom is 0.252 e. The van der Waals surface area contributed by atoms with E-state index >= 15 is 0 Å². The van der Waals surface area contributed by atoms with Crippen LogP contribution in [0.3, 0.4) is 0 Å². The lowest BCUT2D eigenvalue weighted by Gasteiger charge is -2.46. The molecule has 0 radical (unpaired) electrons. The van der Waals surface area contributed by atoms with E-state index in [1.807, 2.05) is 0 Å². The van der Waals surface area contributed by atoms with Gasteiger partial charge in [-0.25, -0.2) is 0 Å². The largest absolute Gasteiger partial charge is 0.310 e. The number of rotatable bonds is 8. The first-order valence-electron chi connectivity index (χ1n) is 24.0. The minimum Gasteiger partial charge on any atom is -0.310 e. The second-order valence-corrected chi connectivity index (χ2v) is 18.5. The Balaban J connectivity index is 1.19. The summed E-state index contributed by atoms with van der Waals surface area (Å²) in [6.07, 6.45) is 0. The Hall–Kier alpha value is -8.63. The highest BCUT2D eigenvalue weighted by atomic mass is 35.5. The van der Waals surface area contributed by atoms with Crippen LogP contribution in [0.15, 0.2) is 267 Å². The molecule has 2 nitrogen and oxygen atoms in total. The van der Waals surface area contributed by atoms with E-state index in [1.165, 1.54) is 38.6 Å². The van der Waals surface area contributed by atoms with Crippen LogP contribution in [0, 0.1) is 0 Å². The molecule has 0 bridgehead atoms.